The second-order valence-electron chi connectivity index (χ2n) is 3.09. The molecule has 0 bridgehead atoms. The minimum Gasteiger partial charge on any atom is -0.310 e. The molecule has 0 aliphatic carbocycles. The third-order valence-corrected chi connectivity index (χ3v) is 2.00. The van der Waals surface area contributed by atoms with Crippen LogP contribution in [0.4, 0.5) is 0 Å². The van der Waals surface area contributed by atoms with Crippen LogP contribution >= 0.6 is 0 Å². The van der Waals surface area contributed by atoms with Crippen LogP contribution < -0.4 is 5.32 Å². The fourth-order valence-corrected chi connectivity index (χ4v) is 1.20. The highest BCUT2D eigenvalue weighted by Gasteiger charge is 2.23. The van der Waals surface area contributed by atoms with E-state index >= 15 is 0 Å². The number of rotatable bonds is 1. The van der Waals surface area contributed by atoms with Gasteiger partial charge in [-0.3, -0.25) is 10.1 Å². The van der Waals surface area contributed by atoms with E-state index in [9.17, 15) is 10.1 Å². The molecule has 1 aromatic carbocycles. The highest BCUT2D eigenvalue weighted by Crippen LogP contribution is 1.99. The Morgan fingerprint density at radius 1 is 1.12 bits per heavy atom. The van der Waals surface area contributed by atoms with E-state index in [-0.39, 0.29) is 11.0 Å². The molecule has 0 radical (unpaired) electrons. The van der Waals surface area contributed by atoms with Crippen molar-refractivity contribution in [3.63, 3.8) is 0 Å². The number of nitro groups is 1. The Morgan fingerprint density at radius 2 is 1.56 bits per heavy atom. The quantitative estimate of drug-likeness (QED) is 0.588. The molecule has 1 N–H and O–H groups in total. The van der Waals surface area contributed by atoms with Crippen molar-refractivity contribution in [3.05, 3.63) is 46.5 Å². The van der Waals surface area contributed by atoms with E-state index in [1.165, 1.54) is 0 Å². The summed E-state index contributed by atoms with van der Waals surface area (Å²) in [6.07, 6.45) is 0.688. The Balaban J connectivity index is 0.000000251. The smallest absolute Gasteiger partial charge is 0.226 e. The molecule has 1 saturated heterocycles. The predicted molar refractivity (Wildman–Crippen MR) is 66.1 cm³/mol. The monoisotopic (exact) mass is 224 g/mol. The standard InChI is InChI=1S/C6H6.C4H8N2O2.C2H6/c1-2-4-6-5-3-1;7-6(8)4-1-2-5-3-4;1-2/h1-6H;4-5H,1-3H2;1-2H3. The fourth-order valence-electron chi connectivity index (χ4n) is 1.20. The summed E-state index contributed by atoms with van der Waals surface area (Å²) in [6.45, 7) is 5.35. The lowest BCUT2D eigenvalue weighted by molar-refractivity contribution is -0.517. The number of nitrogens with zero attached hydrogens (tertiary/aromatic N) is 1. The van der Waals surface area contributed by atoms with Gasteiger partial charge in [0.15, 0.2) is 0 Å². The van der Waals surface area contributed by atoms with E-state index in [0.717, 1.165) is 6.54 Å². The molecule has 0 spiro atoms. The Kier molecular flexibility index (Phi) is 9.21. The van der Waals surface area contributed by atoms with Crippen molar-refractivity contribution in [2.24, 2.45) is 0 Å². The van der Waals surface area contributed by atoms with E-state index in [4.69, 9.17) is 0 Å². The summed E-state index contributed by atoms with van der Waals surface area (Å²) in [6, 6.07) is 11.7. The molecule has 90 valence electrons. The van der Waals surface area contributed by atoms with Gasteiger partial charge in [-0.2, -0.15) is 0 Å². The molecule has 0 aromatic heterocycles. The maximum atomic E-state index is 9.97. The van der Waals surface area contributed by atoms with Gasteiger partial charge in [-0.1, -0.05) is 50.2 Å². The summed E-state index contributed by atoms with van der Waals surface area (Å²) in [4.78, 5) is 9.74. The lowest BCUT2D eigenvalue weighted by atomic mass is 10.3. The van der Waals surface area contributed by atoms with Crippen molar-refractivity contribution in [2.45, 2.75) is 26.3 Å². The van der Waals surface area contributed by atoms with Crippen molar-refractivity contribution in [3.8, 4) is 0 Å². The summed E-state index contributed by atoms with van der Waals surface area (Å²) in [7, 11) is 0. The van der Waals surface area contributed by atoms with E-state index in [2.05, 4.69) is 5.32 Å². The Morgan fingerprint density at radius 3 is 1.75 bits per heavy atom. The van der Waals surface area contributed by atoms with Crippen LogP contribution in [-0.2, 0) is 0 Å². The zero-order chi connectivity index (χ0) is 12.2. The van der Waals surface area contributed by atoms with E-state index in [0.29, 0.717) is 13.0 Å². The third kappa shape index (κ3) is 6.95. The second-order valence-corrected chi connectivity index (χ2v) is 3.09. The molecule has 4 nitrogen and oxygen atoms in total. The van der Waals surface area contributed by atoms with Crippen LogP contribution in [0.1, 0.15) is 20.3 Å². The molecule has 1 fully saturated rings. The normalized spacial score (nSPS) is 17.5. The Labute approximate surface area is 96.8 Å². The zero-order valence-corrected chi connectivity index (χ0v) is 9.93. The first-order chi connectivity index (χ1) is 7.80. The van der Waals surface area contributed by atoms with E-state index < -0.39 is 0 Å². The summed E-state index contributed by atoms with van der Waals surface area (Å²) in [5.41, 5.74) is 0. The lowest BCUT2D eigenvalue weighted by Crippen LogP contribution is -2.21. The molecule has 2 rings (SSSR count). The van der Waals surface area contributed by atoms with Crippen LogP contribution in [-0.4, -0.2) is 24.1 Å². The van der Waals surface area contributed by atoms with Gasteiger partial charge in [0.25, 0.3) is 0 Å². The molecule has 16 heavy (non-hydrogen) atoms. The van der Waals surface area contributed by atoms with Crippen molar-refractivity contribution in [1.29, 1.82) is 0 Å². The SMILES string of the molecule is CC.O=[N+]([O-])C1CCNC1.c1ccccc1. The van der Waals surface area contributed by atoms with Crippen molar-refractivity contribution < 1.29 is 4.92 Å². The molecule has 1 atom stereocenters. The van der Waals surface area contributed by atoms with Crippen LogP contribution in [0.3, 0.4) is 0 Å². The average Bonchev–Trinajstić information content (AvgIpc) is 2.88. The lowest BCUT2D eigenvalue weighted by Gasteiger charge is -1.94. The molecule has 1 aliphatic rings. The van der Waals surface area contributed by atoms with Crippen LogP contribution in [0, 0.1) is 10.1 Å². The average molecular weight is 224 g/mol. The van der Waals surface area contributed by atoms with Crippen molar-refractivity contribution in [1.82, 2.24) is 5.32 Å². The topological polar surface area (TPSA) is 55.2 Å². The minimum atomic E-state index is -0.324. The van der Waals surface area contributed by atoms with Crippen molar-refractivity contribution >= 4 is 0 Å². The molecular weight excluding hydrogens is 204 g/mol. The molecule has 1 aromatic rings. The molecule has 1 heterocycles. The highest BCUT2D eigenvalue weighted by molar-refractivity contribution is 4.99. The van der Waals surface area contributed by atoms with Gasteiger partial charge in [-0.15, -0.1) is 0 Å². The molecule has 0 saturated carbocycles. The van der Waals surface area contributed by atoms with Gasteiger partial charge in [0.1, 0.15) is 0 Å². The first-order valence-electron chi connectivity index (χ1n) is 5.65. The van der Waals surface area contributed by atoms with Gasteiger partial charge in [0.2, 0.25) is 6.04 Å². The Bertz CT molecular complexity index is 232. The van der Waals surface area contributed by atoms with Gasteiger partial charge in [0.05, 0.1) is 6.54 Å². The van der Waals surface area contributed by atoms with Gasteiger partial charge < -0.3 is 5.32 Å². The van der Waals surface area contributed by atoms with E-state index in [1.54, 1.807) is 0 Å². The molecule has 0 amide bonds. The maximum Gasteiger partial charge on any atom is 0.226 e. The number of hydrogen-bond acceptors (Lipinski definition) is 3. The number of nitrogens with one attached hydrogen (secondary N) is 1. The molecular formula is C12H20N2O2. The van der Waals surface area contributed by atoms with Crippen LogP contribution in [0.25, 0.3) is 0 Å². The predicted octanol–water partition coefficient (Wildman–Crippen LogP) is 2.34. The van der Waals surface area contributed by atoms with Gasteiger partial charge in [0, 0.05) is 17.9 Å². The minimum absolute atomic E-state index is 0.222. The number of hydrogen-bond donors (Lipinski definition) is 1. The summed E-state index contributed by atoms with van der Waals surface area (Å²) >= 11 is 0. The van der Waals surface area contributed by atoms with E-state index in [1.807, 2.05) is 50.2 Å². The van der Waals surface area contributed by atoms with Crippen LogP contribution in [0.5, 0.6) is 0 Å². The molecule has 4 heteroatoms. The van der Waals surface area contributed by atoms with Gasteiger partial charge in [-0.05, 0) is 0 Å². The molecule has 1 aliphatic heterocycles. The van der Waals surface area contributed by atoms with Gasteiger partial charge in [-0.25, -0.2) is 0 Å². The van der Waals surface area contributed by atoms with Crippen LogP contribution in [0.15, 0.2) is 36.4 Å². The summed E-state index contributed by atoms with van der Waals surface area (Å²) < 4.78 is 0. The third-order valence-electron chi connectivity index (χ3n) is 2.00. The fraction of sp³-hybridized carbons (Fsp3) is 0.500. The van der Waals surface area contributed by atoms with Crippen LogP contribution in [0.2, 0.25) is 0 Å². The number of benzene rings is 1. The summed E-state index contributed by atoms with van der Waals surface area (Å²) in [5, 5.41) is 12.9. The highest BCUT2D eigenvalue weighted by atomic mass is 16.6. The van der Waals surface area contributed by atoms with Crippen molar-refractivity contribution in [2.75, 3.05) is 13.1 Å². The summed E-state index contributed by atoms with van der Waals surface area (Å²) in [5.74, 6) is 0. The zero-order valence-electron chi connectivity index (χ0n) is 9.93. The Hall–Kier alpha value is -1.42. The maximum absolute atomic E-state index is 9.97. The largest absolute Gasteiger partial charge is 0.310 e. The van der Waals surface area contributed by atoms with Gasteiger partial charge >= 0.3 is 0 Å². The first-order valence-corrected chi connectivity index (χ1v) is 5.65. The first kappa shape index (κ1) is 14.6. The molecule has 1 unspecified atom stereocenters. The second kappa shape index (κ2) is 10.1.